The summed E-state index contributed by atoms with van der Waals surface area (Å²) in [6, 6.07) is 8.81. The van der Waals surface area contributed by atoms with Crippen LogP contribution in [0.25, 0.3) is 0 Å². The molecule has 1 aliphatic rings. The van der Waals surface area contributed by atoms with Crippen molar-refractivity contribution in [2.24, 2.45) is 5.92 Å². The van der Waals surface area contributed by atoms with E-state index in [1.807, 2.05) is 0 Å². The Morgan fingerprint density at radius 1 is 1.17 bits per heavy atom. The van der Waals surface area contributed by atoms with Gasteiger partial charge in [0.05, 0.1) is 12.0 Å². The molecule has 1 saturated carbocycles. The summed E-state index contributed by atoms with van der Waals surface area (Å²) in [7, 11) is 0. The molecule has 2 aromatic rings. The fraction of sp³-hybridized carbons (Fsp3) is 0.409. The van der Waals surface area contributed by atoms with Gasteiger partial charge < -0.3 is 5.32 Å². The fourth-order valence-electron chi connectivity index (χ4n) is 3.35. The number of rotatable bonds is 6. The van der Waals surface area contributed by atoms with Crippen LogP contribution in [0.15, 0.2) is 36.4 Å². The molecule has 1 N–H and O–H groups in total. The first-order valence-corrected chi connectivity index (χ1v) is 10.6. The number of carbonyl (C=O) groups is 1. The maximum absolute atomic E-state index is 13.6. The molecule has 1 amide bonds. The monoisotopic (exact) mass is 471 g/mol. The van der Waals surface area contributed by atoms with E-state index in [-0.39, 0.29) is 28.9 Å². The SMILES string of the molecule is Cc1cc([C@@H](NC(=O)c2cc(CBr)cc(C(C)C(F)(F)F)c2)C2CC2)ccc1F. The van der Waals surface area contributed by atoms with Gasteiger partial charge in [0.1, 0.15) is 5.82 Å². The minimum absolute atomic E-state index is 0.0557. The van der Waals surface area contributed by atoms with Gasteiger partial charge >= 0.3 is 6.18 Å². The quantitative estimate of drug-likeness (QED) is 0.374. The first-order valence-electron chi connectivity index (χ1n) is 9.43. The van der Waals surface area contributed by atoms with E-state index < -0.39 is 18.0 Å². The molecule has 0 saturated heterocycles. The van der Waals surface area contributed by atoms with Crippen LogP contribution in [0.5, 0.6) is 0 Å². The zero-order valence-corrected chi connectivity index (χ0v) is 17.7. The maximum atomic E-state index is 13.6. The Morgan fingerprint density at radius 2 is 1.86 bits per heavy atom. The van der Waals surface area contributed by atoms with Crippen LogP contribution in [0.4, 0.5) is 17.6 Å². The van der Waals surface area contributed by atoms with E-state index in [4.69, 9.17) is 0 Å². The van der Waals surface area contributed by atoms with Crippen molar-refractivity contribution in [2.45, 2.75) is 50.2 Å². The van der Waals surface area contributed by atoms with Crippen LogP contribution in [0.3, 0.4) is 0 Å². The number of hydrogen-bond acceptors (Lipinski definition) is 1. The first-order chi connectivity index (χ1) is 13.6. The average Bonchev–Trinajstić information content (AvgIpc) is 3.51. The Hall–Kier alpha value is -1.89. The first kappa shape index (κ1) is 21.8. The van der Waals surface area contributed by atoms with Gasteiger partial charge in [-0.25, -0.2) is 4.39 Å². The third-order valence-electron chi connectivity index (χ3n) is 5.34. The molecule has 0 aromatic heterocycles. The molecule has 3 rings (SSSR count). The van der Waals surface area contributed by atoms with Crippen molar-refractivity contribution in [1.82, 2.24) is 5.32 Å². The van der Waals surface area contributed by atoms with Gasteiger partial charge in [0.15, 0.2) is 0 Å². The Morgan fingerprint density at radius 3 is 2.41 bits per heavy atom. The number of nitrogens with one attached hydrogen (secondary N) is 1. The summed E-state index contributed by atoms with van der Waals surface area (Å²) in [4.78, 5) is 12.9. The number of carbonyl (C=O) groups excluding carboxylic acids is 1. The van der Waals surface area contributed by atoms with E-state index in [0.717, 1.165) is 25.3 Å². The molecule has 0 heterocycles. The van der Waals surface area contributed by atoms with Gasteiger partial charge in [-0.2, -0.15) is 13.2 Å². The summed E-state index contributed by atoms with van der Waals surface area (Å²) in [5, 5.41) is 3.30. The lowest BCUT2D eigenvalue weighted by Gasteiger charge is -2.21. The Labute approximate surface area is 175 Å². The van der Waals surface area contributed by atoms with Gasteiger partial charge in [-0.1, -0.05) is 34.1 Å². The Kier molecular flexibility index (Phi) is 6.36. The van der Waals surface area contributed by atoms with Gasteiger partial charge in [0.25, 0.3) is 5.91 Å². The van der Waals surface area contributed by atoms with E-state index in [2.05, 4.69) is 21.2 Å². The second kappa shape index (κ2) is 8.46. The molecule has 0 aliphatic heterocycles. The number of aryl methyl sites for hydroxylation is 1. The minimum Gasteiger partial charge on any atom is -0.345 e. The van der Waals surface area contributed by atoms with Gasteiger partial charge in [-0.05, 0) is 73.1 Å². The van der Waals surface area contributed by atoms with Crippen LogP contribution in [0.1, 0.15) is 64.3 Å². The molecule has 2 aromatic carbocycles. The highest BCUT2D eigenvalue weighted by Crippen LogP contribution is 2.41. The van der Waals surface area contributed by atoms with Crippen LogP contribution in [-0.2, 0) is 5.33 Å². The molecular weight excluding hydrogens is 450 g/mol. The van der Waals surface area contributed by atoms with Crippen molar-refractivity contribution in [2.75, 3.05) is 0 Å². The molecular formula is C22H22BrF4NO. The molecule has 0 spiro atoms. The Balaban J connectivity index is 1.89. The van der Waals surface area contributed by atoms with E-state index >= 15 is 0 Å². The van der Waals surface area contributed by atoms with Crippen molar-refractivity contribution < 1.29 is 22.4 Å². The largest absolute Gasteiger partial charge is 0.395 e. The molecule has 0 bridgehead atoms. The Bertz CT molecular complexity index is 908. The van der Waals surface area contributed by atoms with E-state index in [1.165, 1.54) is 18.2 Å². The third kappa shape index (κ3) is 5.18. The van der Waals surface area contributed by atoms with Gasteiger partial charge in [0, 0.05) is 10.9 Å². The van der Waals surface area contributed by atoms with Crippen molar-refractivity contribution in [3.63, 3.8) is 0 Å². The molecule has 29 heavy (non-hydrogen) atoms. The van der Waals surface area contributed by atoms with Crippen LogP contribution < -0.4 is 5.32 Å². The summed E-state index contributed by atoms with van der Waals surface area (Å²) >= 11 is 3.26. The number of halogens is 5. The van der Waals surface area contributed by atoms with E-state index in [0.29, 0.717) is 16.5 Å². The number of benzene rings is 2. The van der Waals surface area contributed by atoms with Crippen LogP contribution in [0, 0.1) is 18.7 Å². The van der Waals surface area contributed by atoms with Crippen LogP contribution in [-0.4, -0.2) is 12.1 Å². The third-order valence-corrected chi connectivity index (χ3v) is 5.99. The molecule has 1 fully saturated rings. The molecule has 7 heteroatoms. The zero-order valence-electron chi connectivity index (χ0n) is 16.1. The lowest BCUT2D eigenvalue weighted by atomic mass is 9.95. The van der Waals surface area contributed by atoms with E-state index in [9.17, 15) is 22.4 Å². The lowest BCUT2D eigenvalue weighted by molar-refractivity contribution is -0.146. The molecule has 1 unspecified atom stereocenters. The molecule has 2 atom stereocenters. The fourth-order valence-corrected chi connectivity index (χ4v) is 3.68. The van der Waals surface area contributed by atoms with Crippen molar-refractivity contribution in [3.8, 4) is 0 Å². The lowest BCUT2D eigenvalue weighted by Crippen LogP contribution is -2.30. The standard InChI is InChI=1S/C22H22BrF4NO/c1-12-7-16(5-6-19(12)24)20(15-3-4-15)28-21(29)18-9-14(11-23)8-17(10-18)13(2)22(25,26)27/h5-10,13,15,20H,3-4,11H2,1-2H3,(H,28,29)/t13?,20-/m0/s1. The maximum Gasteiger partial charge on any atom is 0.395 e. The molecule has 156 valence electrons. The summed E-state index contributed by atoms with van der Waals surface area (Å²) in [5.74, 6) is -2.17. The summed E-state index contributed by atoms with van der Waals surface area (Å²) < 4.78 is 53.2. The number of amides is 1. The summed E-state index contributed by atoms with van der Waals surface area (Å²) in [6.07, 6.45) is -2.50. The van der Waals surface area contributed by atoms with Gasteiger partial charge in [-0.3, -0.25) is 4.79 Å². The molecule has 1 aliphatic carbocycles. The average molecular weight is 472 g/mol. The predicted octanol–water partition coefficient (Wildman–Crippen LogP) is 6.58. The van der Waals surface area contributed by atoms with Gasteiger partial charge in [-0.15, -0.1) is 0 Å². The topological polar surface area (TPSA) is 29.1 Å². The second-order valence-corrected chi connectivity index (χ2v) is 8.22. The smallest absolute Gasteiger partial charge is 0.345 e. The molecule has 2 nitrogen and oxygen atoms in total. The summed E-state index contributed by atoms with van der Waals surface area (Å²) in [6.45, 7) is 2.75. The van der Waals surface area contributed by atoms with Crippen molar-refractivity contribution >= 4 is 21.8 Å². The number of hydrogen-bond donors (Lipinski definition) is 1. The van der Waals surface area contributed by atoms with Crippen LogP contribution >= 0.6 is 15.9 Å². The normalized spacial score (nSPS) is 16.4. The highest BCUT2D eigenvalue weighted by atomic mass is 79.9. The van der Waals surface area contributed by atoms with E-state index in [1.54, 1.807) is 25.1 Å². The minimum atomic E-state index is -4.39. The highest BCUT2D eigenvalue weighted by Gasteiger charge is 2.38. The molecule has 0 radical (unpaired) electrons. The number of alkyl halides is 4. The highest BCUT2D eigenvalue weighted by molar-refractivity contribution is 9.08. The van der Waals surface area contributed by atoms with Crippen molar-refractivity contribution in [1.29, 1.82) is 0 Å². The van der Waals surface area contributed by atoms with Crippen molar-refractivity contribution in [3.05, 3.63) is 70.0 Å². The second-order valence-electron chi connectivity index (χ2n) is 7.66. The predicted molar refractivity (Wildman–Crippen MR) is 108 cm³/mol. The summed E-state index contributed by atoms with van der Waals surface area (Å²) in [5.41, 5.74) is 2.15. The van der Waals surface area contributed by atoms with Crippen LogP contribution in [0.2, 0.25) is 0 Å². The zero-order chi connectivity index (χ0) is 21.3. The van der Waals surface area contributed by atoms with Gasteiger partial charge in [0.2, 0.25) is 0 Å².